The monoisotopic (exact) mass is 289 g/mol. The second-order valence-corrected chi connectivity index (χ2v) is 4.32. The Morgan fingerprint density at radius 3 is 2.76 bits per heavy atom. The first-order valence-electron chi connectivity index (χ1n) is 6.53. The number of hydrogen-bond donors (Lipinski definition) is 4. The summed E-state index contributed by atoms with van der Waals surface area (Å²) in [5, 5.41) is 14.6. The summed E-state index contributed by atoms with van der Waals surface area (Å²) < 4.78 is 0. The summed E-state index contributed by atoms with van der Waals surface area (Å²) in [6, 6.07) is 5.09. The van der Waals surface area contributed by atoms with E-state index in [1.165, 1.54) is 6.92 Å². The van der Waals surface area contributed by atoms with E-state index in [1.54, 1.807) is 18.2 Å². The maximum atomic E-state index is 11.7. The van der Waals surface area contributed by atoms with Crippen LogP contribution in [0.25, 0.3) is 0 Å². The molecule has 0 aliphatic heterocycles. The predicted molar refractivity (Wildman–Crippen MR) is 80.2 cm³/mol. The Morgan fingerprint density at radius 1 is 1.38 bits per heavy atom. The fourth-order valence-corrected chi connectivity index (χ4v) is 1.65. The molecule has 0 fully saturated rings. The number of benzene rings is 1. The number of carbonyl (C=O) groups excluding carboxylic acids is 2. The average Bonchev–Trinajstić information content (AvgIpc) is 2.45. The summed E-state index contributed by atoms with van der Waals surface area (Å²) in [7, 11) is 0. The number of aliphatic hydroxyl groups is 1. The van der Waals surface area contributed by atoms with E-state index in [-0.39, 0.29) is 37.9 Å². The van der Waals surface area contributed by atoms with Crippen molar-refractivity contribution < 1.29 is 14.7 Å². The Bertz CT molecular complexity index is 573. The zero-order valence-electron chi connectivity index (χ0n) is 11.9. The van der Waals surface area contributed by atoms with Crippen LogP contribution < -0.4 is 16.4 Å². The highest BCUT2D eigenvalue weighted by molar-refractivity contribution is 5.91. The minimum absolute atomic E-state index is 0.173. The van der Waals surface area contributed by atoms with Gasteiger partial charge in [-0.15, -0.1) is 0 Å². The number of amides is 2. The molecule has 2 amide bonds. The third-order valence-corrected chi connectivity index (χ3v) is 2.61. The molecule has 0 atom stereocenters. The smallest absolute Gasteiger partial charge is 0.226 e. The van der Waals surface area contributed by atoms with Crippen molar-refractivity contribution in [2.75, 3.05) is 18.4 Å². The van der Waals surface area contributed by atoms with Crippen LogP contribution in [0.15, 0.2) is 18.2 Å². The normalized spacial score (nSPS) is 9.48. The molecular weight excluding hydrogens is 270 g/mol. The van der Waals surface area contributed by atoms with Crippen LogP contribution in [-0.4, -0.2) is 30.0 Å². The van der Waals surface area contributed by atoms with Gasteiger partial charge in [0.15, 0.2) is 0 Å². The number of carbonyl (C=O) groups is 2. The summed E-state index contributed by atoms with van der Waals surface area (Å²) in [6.07, 6.45) is 0.183. The molecule has 0 unspecified atom stereocenters. The van der Waals surface area contributed by atoms with E-state index in [2.05, 4.69) is 22.5 Å². The number of nitrogens with two attached hydrogens (primary N) is 1. The van der Waals surface area contributed by atoms with Gasteiger partial charge in [0.1, 0.15) is 0 Å². The summed E-state index contributed by atoms with van der Waals surface area (Å²) in [4.78, 5) is 22.4. The first-order valence-corrected chi connectivity index (χ1v) is 6.53. The summed E-state index contributed by atoms with van der Waals surface area (Å²) in [6.45, 7) is 1.75. The van der Waals surface area contributed by atoms with Gasteiger partial charge in [-0.25, -0.2) is 0 Å². The summed E-state index contributed by atoms with van der Waals surface area (Å²) in [5.74, 6) is 5.19. The lowest BCUT2D eigenvalue weighted by atomic mass is 10.1. The van der Waals surface area contributed by atoms with Crippen LogP contribution in [0, 0.1) is 11.8 Å². The van der Waals surface area contributed by atoms with Crippen LogP contribution in [0.4, 0.5) is 5.69 Å². The van der Waals surface area contributed by atoms with Crippen molar-refractivity contribution in [3.05, 3.63) is 29.3 Å². The predicted octanol–water partition coefficient (Wildman–Crippen LogP) is -0.0462. The molecule has 5 N–H and O–H groups in total. The van der Waals surface area contributed by atoms with E-state index in [0.717, 1.165) is 0 Å². The van der Waals surface area contributed by atoms with Crippen molar-refractivity contribution in [3.8, 4) is 11.8 Å². The lowest BCUT2D eigenvalue weighted by Crippen LogP contribution is -2.25. The van der Waals surface area contributed by atoms with Crippen molar-refractivity contribution in [3.63, 3.8) is 0 Å². The van der Waals surface area contributed by atoms with E-state index in [0.29, 0.717) is 16.8 Å². The van der Waals surface area contributed by atoms with Gasteiger partial charge in [-0.1, -0.05) is 11.8 Å². The van der Waals surface area contributed by atoms with Gasteiger partial charge in [0.25, 0.3) is 0 Å². The molecule has 0 radical (unpaired) electrons. The highest BCUT2D eigenvalue weighted by atomic mass is 16.3. The number of anilines is 1. The molecule has 21 heavy (non-hydrogen) atoms. The number of hydrogen-bond acceptors (Lipinski definition) is 4. The Balaban J connectivity index is 2.67. The molecule has 1 aromatic carbocycles. The van der Waals surface area contributed by atoms with Crippen molar-refractivity contribution in [2.45, 2.75) is 20.0 Å². The Morgan fingerprint density at radius 2 is 2.14 bits per heavy atom. The molecule has 0 heterocycles. The quantitative estimate of drug-likeness (QED) is 0.571. The van der Waals surface area contributed by atoms with Gasteiger partial charge in [-0.2, -0.15) is 0 Å². The molecule has 0 spiro atoms. The van der Waals surface area contributed by atoms with Gasteiger partial charge in [0, 0.05) is 31.1 Å². The molecule has 0 saturated heterocycles. The van der Waals surface area contributed by atoms with Crippen LogP contribution >= 0.6 is 0 Å². The minimum Gasteiger partial charge on any atom is -0.392 e. The van der Waals surface area contributed by atoms with Crippen molar-refractivity contribution in [2.24, 2.45) is 5.73 Å². The number of aliphatic hydroxyl groups excluding tert-OH is 1. The van der Waals surface area contributed by atoms with Crippen molar-refractivity contribution >= 4 is 17.5 Å². The second kappa shape index (κ2) is 8.74. The molecule has 1 aromatic rings. The maximum absolute atomic E-state index is 11.7. The van der Waals surface area contributed by atoms with E-state index in [4.69, 9.17) is 5.73 Å². The van der Waals surface area contributed by atoms with Gasteiger partial charge in [0.05, 0.1) is 13.2 Å². The topological polar surface area (TPSA) is 104 Å². The van der Waals surface area contributed by atoms with Crippen LogP contribution in [0.2, 0.25) is 0 Å². The molecule has 0 aliphatic rings. The van der Waals surface area contributed by atoms with Crippen LogP contribution in [0.1, 0.15) is 24.5 Å². The molecule has 6 nitrogen and oxygen atoms in total. The van der Waals surface area contributed by atoms with Gasteiger partial charge in [0.2, 0.25) is 11.8 Å². The number of nitrogens with one attached hydrogen (secondary N) is 2. The Hall–Kier alpha value is -2.36. The van der Waals surface area contributed by atoms with E-state index in [1.807, 2.05) is 0 Å². The Kier molecular flexibility index (Phi) is 6.95. The van der Waals surface area contributed by atoms with Gasteiger partial charge in [-0.05, 0) is 23.8 Å². The van der Waals surface area contributed by atoms with E-state index >= 15 is 0 Å². The highest BCUT2D eigenvalue weighted by Crippen LogP contribution is 2.15. The third-order valence-electron chi connectivity index (χ3n) is 2.61. The first kappa shape index (κ1) is 16.7. The van der Waals surface area contributed by atoms with Crippen LogP contribution in [0.3, 0.4) is 0 Å². The fraction of sp³-hybridized carbons (Fsp3) is 0.333. The first-order chi connectivity index (χ1) is 10.1. The minimum atomic E-state index is -0.214. The molecule has 6 heteroatoms. The summed E-state index contributed by atoms with van der Waals surface area (Å²) in [5.41, 5.74) is 7.18. The molecule has 0 aliphatic carbocycles. The lowest BCUT2D eigenvalue weighted by Gasteiger charge is -2.08. The molecule has 0 bridgehead atoms. The molecular formula is C15H19N3O3. The SMILES string of the molecule is CC(=O)NCCC(=O)Nc1ccc(C#CCN)c(CO)c1. The largest absolute Gasteiger partial charge is 0.392 e. The molecule has 0 aromatic heterocycles. The van der Waals surface area contributed by atoms with Crippen LogP contribution in [-0.2, 0) is 16.2 Å². The fourth-order valence-electron chi connectivity index (χ4n) is 1.65. The highest BCUT2D eigenvalue weighted by Gasteiger charge is 2.05. The average molecular weight is 289 g/mol. The van der Waals surface area contributed by atoms with Gasteiger partial charge in [-0.3, -0.25) is 9.59 Å². The van der Waals surface area contributed by atoms with Gasteiger partial charge >= 0.3 is 0 Å². The van der Waals surface area contributed by atoms with Crippen LogP contribution in [0.5, 0.6) is 0 Å². The number of rotatable bonds is 5. The van der Waals surface area contributed by atoms with E-state index in [9.17, 15) is 14.7 Å². The maximum Gasteiger partial charge on any atom is 0.226 e. The zero-order valence-corrected chi connectivity index (χ0v) is 11.9. The van der Waals surface area contributed by atoms with Gasteiger partial charge < -0.3 is 21.5 Å². The lowest BCUT2D eigenvalue weighted by molar-refractivity contribution is -0.119. The molecule has 0 saturated carbocycles. The van der Waals surface area contributed by atoms with Crippen molar-refractivity contribution in [1.29, 1.82) is 0 Å². The summed E-state index contributed by atoms with van der Waals surface area (Å²) >= 11 is 0. The standard InChI is InChI=1S/C15H19N3O3/c1-11(20)17-8-6-15(21)18-14-5-4-12(3-2-7-16)13(9-14)10-19/h4-5,9,19H,6-8,10,16H2,1H3,(H,17,20)(H,18,21). The Labute approximate surface area is 123 Å². The zero-order chi connectivity index (χ0) is 15.7. The second-order valence-electron chi connectivity index (χ2n) is 4.32. The van der Waals surface area contributed by atoms with E-state index < -0.39 is 0 Å². The third kappa shape index (κ3) is 6.08. The van der Waals surface area contributed by atoms with Crippen molar-refractivity contribution in [1.82, 2.24) is 5.32 Å². The molecule has 112 valence electrons. The molecule has 1 rings (SSSR count).